The molecule has 0 aromatic carbocycles. The maximum Gasteiger partial charge on any atom is 0.211 e. The Morgan fingerprint density at radius 2 is 1.73 bits per heavy atom. The van der Waals surface area contributed by atoms with Crippen molar-refractivity contribution < 1.29 is 8.42 Å². The summed E-state index contributed by atoms with van der Waals surface area (Å²) in [5.74, 6) is 0. The molecule has 92 valence electrons. The molecule has 0 radical (unpaired) electrons. The number of hydrogen-bond acceptors (Lipinski definition) is 3. The van der Waals surface area contributed by atoms with Crippen LogP contribution in [0.3, 0.4) is 0 Å². The molecule has 0 saturated heterocycles. The van der Waals surface area contributed by atoms with Crippen molar-refractivity contribution in [3.63, 3.8) is 0 Å². The van der Waals surface area contributed by atoms with Crippen LogP contribution in [0.25, 0.3) is 0 Å². The van der Waals surface area contributed by atoms with Crippen LogP contribution >= 0.6 is 0 Å². The lowest BCUT2D eigenvalue weighted by atomic mass is 10.3. The van der Waals surface area contributed by atoms with Gasteiger partial charge in [-0.2, -0.15) is 0 Å². The van der Waals surface area contributed by atoms with Crippen LogP contribution in [-0.4, -0.2) is 45.2 Å². The third-order valence-corrected chi connectivity index (χ3v) is 3.67. The van der Waals surface area contributed by atoms with E-state index >= 15 is 0 Å². The summed E-state index contributed by atoms with van der Waals surface area (Å²) < 4.78 is 24.0. The number of hydrogen-bond donors (Lipinski definition) is 1. The van der Waals surface area contributed by atoms with Crippen LogP contribution in [0.2, 0.25) is 0 Å². The van der Waals surface area contributed by atoms with Crippen LogP contribution in [0.4, 0.5) is 0 Å². The third kappa shape index (κ3) is 7.76. The van der Waals surface area contributed by atoms with Crippen molar-refractivity contribution in [1.29, 1.82) is 0 Å². The molecule has 0 atom stereocenters. The molecule has 0 unspecified atom stereocenters. The van der Waals surface area contributed by atoms with E-state index in [1.165, 1.54) is 23.4 Å². The number of sulfonamides is 1. The van der Waals surface area contributed by atoms with E-state index < -0.39 is 10.0 Å². The van der Waals surface area contributed by atoms with E-state index in [0.717, 1.165) is 19.5 Å². The molecule has 0 fully saturated rings. The molecule has 0 saturated carbocycles. The maximum atomic E-state index is 11.2. The van der Waals surface area contributed by atoms with Crippen LogP contribution < -0.4 is 5.32 Å². The predicted octanol–water partition coefficient (Wildman–Crippen LogP) is 1.05. The monoisotopic (exact) mass is 236 g/mol. The lowest BCUT2D eigenvalue weighted by Gasteiger charge is -2.17. The van der Waals surface area contributed by atoms with Gasteiger partial charge >= 0.3 is 0 Å². The molecule has 0 heterocycles. The minimum absolute atomic E-state index is 0.563. The second-order valence-electron chi connectivity index (χ2n) is 3.71. The minimum atomic E-state index is -3.01. The van der Waals surface area contributed by atoms with Gasteiger partial charge in [-0.15, -0.1) is 0 Å². The van der Waals surface area contributed by atoms with Crippen LogP contribution in [-0.2, 0) is 10.0 Å². The first-order valence-corrected chi connectivity index (χ1v) is 7.53. The number of unbranched alkanes of at least 4 members (excludes halogenated alkanes) is 1. The quantitative estimate of drug-likeness (QED) is 0.609. The Labute approximate surface area is 94.1 Å². The zero-order chi connectivity index (χ0) is 11.7. The normalized spacial score (nSPS) is 12.3. The summed E-state index contributed by atoms with van der Waals surface area (Å²) in [6.07, 6.45) is 4.52. The lowest BCUT2D eigenvalue weighted by Crippen LogP contribution is -2.32. The first-order valence-electron chi connectivity index (χ1n) is 5.68. The van der Waals surface area contributed by atoms with Crippen LogP contribution in [0, 0.1) is 0 Å². The Kier molecular flexibility index (Phi) is 8.00. The molecule has 0 rings (SSSR count). The molecular weight excluding hydrogens is 212 g/mol. The fraction of sp³-hybridized carbons (Fsp3) is 1.00. The molecule has 0 aliphatic carbocycles. The zero-order valence-electron chi connectivity index (χ0n) is 10.1. The molecule has 0 spiro atoms. The third-order valence-electron chi connectivity index (χ3n) is 2.29. The van der Waals surface area contributed by atoms with Gasteiger partial charge < -0.3 is 5.32 Å². The summed E-state index contributed by atoms with van der Waals surface area (Å²) in [5, 5.41) is 3.30. The van der Waals surface area contributed by atoms with Gasteiger partial charge in [0.25, 0.3) is 0 Å². The van der Waals surface area contributed by atoms with Crippen LogP contribution in [0.5, 0.6) is 0 Å². The Bertz CT molecular complexity index is 240. The van der Waals surface area contributed by atoms with Gasteiger partial charge in [0.2, 0.25) is 10.0 Å². The van der Waals surface area contributed by atoms with E-state index in [9.17, 15) is 8.42 Å². The van der Waals surface area contributed by atoms with E-state index in [2.05, 4.69) is 12.2 Å². The van der Waals surface area contributed by atoms with Crippen LogP contribution in [0.15, 0.2) is 0 Å². The fourth-order valence-electron chi connectivity index (χ4n) is 1.37. The first-order chi connectivity index (χ1) is 7.02. The highest BCUT2D eigenvalue weighted by atomic mass is 32.2. The zero-order valence-corrected chi connectivity index (χ0v) is 10.9. The Morgan fingerprint density at radius 3 is 2.20 bits per heavy atom. The van der Waals surface area contributed by atoms with Gasteiger partial charge in [-0.1, -0.05) is 20.3 Å². The predicted molar refractivity (Wildman–Crippen MR) is 64.5 cm³/mol. The molecule has 5 heteroatoms. The average molecular weight is 236 g/mol. The topological polar surface area (TPSA) is 49.4 Å². The van der Waals surface area contributed by atoms with E-state index in [1.807, 2.05) is 6.92 Å². The largest absolute Gasteiger partial charge is 0.317 e. The maximum absolute atomic E-state index is 11.2. The first kappa shape index (κ1) is 14.9. The fourth-order valence-corrected chi connectivity index (χ4v) is 2.30. The van der Waals surface area contributed by atoms with Crippen LogP contribution in [0.1, 0.15) is 33.1 Å². The van der Waals surface area contributed by atoms with Crippen molar-refractivity contribution in [2.45, 2.75) is 33.1 Å². The van der Waals surface area contributed by atoms with Crippen molar-refractivity contribution in [2.75, 3.05) is 32.4 Å². The van der Waals surface area contributed by atoms with Crippen molar-refractivity contribution in [2.24, 2.45) is 0 Å². The molecule has 0 aliphatic rings. The molecule has 0 bridgehead atoms. The Morgan fingerprint density at radius 1 is 1.13 bits per heavy atom. The molecule has 15 heavy (non-hydrogen) atoms. The smallest absolute Gasteiger partial charge is 0.211 e. The minimum Gasteiger partial charge on any atom is -0.317 e. The van der Waals surface area contributed by atoms with E-state index in [0.29, 0.717) is 13.1 Å². The molecule has 4 nitrogen and oxygen atoms in total. The van der Waals surface area contributed by atoms with Crippen molar-refractivity contribution in [3.8, 4) is 0 Å². The highest BCUT2D eigenvalue weighted by molar-refractivity contribution is 7.88. The number of nitrogens with one attached hydrogen (secondary N) is 1. The highest BCUT2D eigenvalue weighted by Gasteiger charge is 2.12. The summed E-state index contributed by atoms with van der Waals surface area (Å²) in [7, 11) is -3.01. The molecule has 1 N–H and O–H groups in total. The summed E-state index contributed by atoms with van der Waals surface area (Å²) >= 11 is 0. The average Bonchev–Trinajstić information content (AvgIpc) is 2.15. The van der Waals surface area contributed by atoms with Crippen molar-refractivity contribution in [3.05, 3.63) is 0 Å². The highest BCUT2D eigenvalue weighted by Crippen LogP contribution is 1.98. The van der Waals surface area contributed by atoms with E-state index in [-0.39, 0.29) is 0 Å². The summed E-state index contributed by atoms with van der Waals surface area (Å²) in [6, 6.07) is 0. The molecule has 0 aromatic heterocycles. The van der Waals surface area contributed by atoms with Gasteiger partial charge in [0.15, 0.2) is 0 Å². The summed E-state index contributed by atoms with van der Waals surface area (Å²) in [6.45, 7) is 7.13. The molecular formula is C10H24N2O2S. The second kappa shape index (κ2) is 8.07. The van der Waals surface area contributed by atoms with Crippen molar-refractivity contribution in [1.82, 2.24) is 9.62 Å². The van der Waals surface area contributed by atoms with Gasteiger partial charge in [0, 0.05) is 13.1 Å². The Balaban J connectivity index is 3.57. The SMILES string of the molecule is CCCCNCCCN(CC)S(C)(=O)=O. The van der Waals surface area contributed by atoms with E-state index in [4.69, 9.17) is 0 Å². The molecule has 0 aliphatic heterocycles. The number of nitrogens with zero attached hydrogens (tertiary/aromatic N) is 1. The van der Waals surface area contributed by atoms with Gasteiger partial charge in [-0.3, -0.25) is 0 Å². The van der Waals surface area contributed by atoms with Gasteiger partial charge in [0.05, 0.1) is 6.26 Å². The van der Waals surface area contributed by atoms with Gasteiger partial charge in [-0.05, 0) is 25.9 Å². The Hall–Kier alpha value is -0.130. The molecule has 0 aromatic rings. The summed E-state index contributed by atoms with van der Waals surface area (Å²) in [4.78, 5) is 0. The van der Waals surface area contributed by atoms with E-state index in [1.54, 1.807) is 0 Å². The van der Waals surface area contributed by atoms with Gasteiger partial charge in [-0.25, -0.2) is 12.7 Å². The van der Waals surface area contributed by atoms with Crippen molar-refractivity contribution >= 4 is 10.0 Å². The standard InChI is InChI=1S/C10H24N2O2S/c1-4-6-8-11-9-7-10-12(5-2)15(3,13)14/h11H,4-10H2,1-3H3. The lowest BCUT2D eigenvalue weighted by molar-refractivity contribution is 0.419. The van der Waals surface area contributed by atoms with Gasteiger partial charge in [0.1, 0.15) is 0 Å². The number of rotatable bonds is 9. The summed E-state index contributed by atoms with van der Waals surface area (Å²) in [5.41, 5.74) is 0. The second-order valence-corrected chi connectivity index (χ2v) is 5.69. The molecule has 0 amide bonds.